The molecular formula is C13H24N2O5S2. The molecule has 7 nitrogen and oxygen atoms in total. The average Bonchev–Trinajstić information content (AvgIpc) is 2.59. The van der Waals surface area contributed by atoms with Crippen LogP contribution < -0.4 is 4.72 Å². The Morgan fingerprint density at radius 2 is 1.91 bits per heavy atom. The van der Waals surface area contributed by atoms with Crippen LogP contribution in [-0.4, -0.2) is 64.5 Å². The zero-order valence-electron chi connectivity index (χ0n) is 13.2. The molecule has 2 fully saturated rings. The van der Waals surface area contributed by atoms with Gasteiger partial charge in [0.15, 0.2) is 9.84 Å². The van der Waals surface area contributed by atoms with Gasteiger partial charge in [-0.2, -0.15) is 0 Å². The lowest BCUT2D eigenvalue weighted by molar-refractivity contribution is 0.0903. The Labute approximate surface area is 134 Å². The molecule has 2 rings (SSSR count). The molecule has 0 aromatic heterocycles. The van der Waals surface area contributed by atoms with Crippen LogP contribution in [0.1, 0.15) is 33.6 Å². The van der Waals surface area contributed by atoms with Gasteiger partial charge in [0.2, 0.25) is 0 Å². The zero-order valence-corrected chi connectivity index (χ0v) is 14.8. The number of sulfone groups is 1. The SMILES string of the molecule is CC(C)(C)[S@@+]([O-])NC1CS(=O)(=O)CC12CCN(C(=O)O)CC2. The van der Waals surface area contributed by atoms with Gasteiger partial charge >= 0.3 is 6.09 Å². The Morgan fingerprint density at radius 1 is 1.36 bits per heavy atom. The van der Waals surface area contributed by atoms with Crippen molar-refractivity contribution in [1.29, 1.82) is 0 Å². The van der Waals surface area contributed by atoms with E-state index in [1.54, 1.807) is 0 Å². The summed E-state index contributed by atoms with van der Waals surface area (Å²) >= 11 is -1.35. The first kappa shape index (κ1) is 17.8. The summed E-state index contributed by atoms with van der Waals surface area (Å²) in [5.74, 6) is 0.0222. The summed E-state index contributed by atoms with van der Waals surface area (Å²) in [5, 5.41) is 9.03. The molecule has 0 aromatic rings. The third kappa shape index (κ3) is 3.69. The van der Waals surface area contributed by atoms with Gasteiger partial charge in [-0.25, -0.2) is 13.2 Å². The van der Waals surface area contributed by atoms with Gasteiger partial charge in [-0.15, -0.1) is 4.72 Å². The van der Waals surface area contributed by atoms with E-state index in [-0.39, 0.29) is 17.5 Å². The van der Waals surface area contributed by atoms with Crippen molar-refractivity contribution < 1.29 is 22.9 Å². The number of hydrogen-bond acceptors (Lipinski definition) is 5. The second-order valence-electron chi connectivity index (χ2n) is 7.24. The third-order valence-corrected chi connectivity index (χ3v) is 7.97. The maximum absolute atomic E-state index is 12.3. The van der Waals surface area contributed by atoms with E-state index < -0.39 is 37.5 Å². The lowest BCUT2D eigenvalue weighted by Gasteiger charge is -2.41. The molecule has 0 radical (unpaired) electrons. The number of piperidine rings is 1. The molecule has 1 amide bonds. The largest absolute Gasteiger partial charge is 0.598 e. The van der Waals surface area contributed by atoms with E-state index in [1.165, 1.54) is 4.90 Å². The summed E-state index contributed by atoms with van der Waals surface area (Å²) in [6.45, 7) is 6.15. The molecule has 0 aliphatic carbocycles. The van der Waals surface area contributed by atoms with Crippen LogP contribution in [-0.2, 0) is 21.2 Å². The van der Waals surface area contributed by atoms with Crippen LogP contribution >= 0.6 is 0 Å². The average molecular weight is 352 g/mol. The van der Waals surface area contributed by atoms with Crippen LogP contribution in [0.3, 0.4) is 0 Å². The fourth-order valence-corrected chi connectivity index (χ4v) is 6.61. The molecule has 0 bridgehead atoms. The van der Waals surface area contributed by atoms with Crippen molar-refractivity contribution in [3.8, 4) is 0 Å². The van der Waals surface area contributed by atoms with Gasteiger partial charge < -0.3 is 14.6 Å². The van der Waals surface area contributed by atoms with Crippen molar-refractivity contribution in [2.24, 2.45) is 5.41 Å². The zero-order chi connectivity index (χ0) is 16.8. The minimum Gasteiger partial charge on any atom is -0.598 e. The molecule has 0 aromatic carbocycles. The van der Waals surface area contributed by atoms with Gasteiger partial charge in [0.1, 0.15) is 4.75 Å². The summed E-state index contributed by atoms with van der Waals surface area (Å²) in [5.41, 5.74) is -0.508. The second kappa shape index (κ2) is 5.85. The van der Waals surface area contributed by atoms with Gasteiger partial charge in [0.25, 0.3) is 0 Å². The highest BCUT2D eigenvalue weighted by Crippen LogP contribution is 2.42. The lowest BCUT2D eigenvalue weighted by atomic mass is 9.75. The second-order valence-corrected chi connectivity index (χ2v) is 11.3. The first-order chi connectivity index (χ1) is 9.95. The van der Waals surface area contributed by atoms with E-state index in [2.05, 4.69) is 4.72 Å². The van der Waals surface area contributed by atoms with E-state index in [1.807, 2.05) is 20.8 Å². The predicted molar refractivity (Wildman–Crippen MR) is 84.7 cm³/mol. The van der Waals surface area contributed by atoms with E-state index in [0.717, 1.165) is 0 Å². The Morgan fingerprint density at radius 3 is 2.36 bits per heavy atom. The van der Waals surface area contributed by atoms with Gasteiger partial charge in [-0.05, 0) is 33.6 Å². The Hall–Kier alpha value is -0.510. The standard InChI is InChI=1S/C13H24N2O5S2/c1-12(2,3)21(18)14-10-8-22(19,20)9-13(10)4-6-15(7-5-13)11(16)17/h10,14H,4-9H2,1-3H3,(H,16,17)/t10?,21-/m1/s1. The third-order valence-electron chi connectivity index (χ3n) is 4.50. The molecule has 22 heavy (non-hydrogen) atoms. The number of nitrogens with one attached hydrogen (secondary N) is 1. The van der Waals surface area contributed by atoms with E-state index >= 15 is 0 Å². The van der Waals surface area contributed by atoms with Gasteiger partial charge in [0, 0.05) is 29.9 Å². The highest BCUT2D eigenvalue weighted by molar-refractivity contribution is 7.92. The van der Waals surface area contributed by atoms with Crippen LogP contribution in [0.15, 0.2) is 0 Å². The number of amides is 1. The Kier molecular flexibility index (Phi) is 4.74. The van der Waals surface area contributed by atoms with Crippen molar-refractivity contribution >= 4 is 27.3 Å². The summed E-state index contributed by atoms with van der Waals surface area (Å²) < 4.78 is 39.0. The quantitative estimate of drug-likeness (QED) is 0.704. The molecule has 2 saturated heterocycles. The highest BCUT2D eigenvalue weighted by Gasteiger charge is 2.54. The topological polar surface area (TPSA) is 110 Å². The number of carboxylic acid groups (broad SMARTS) is 1. The van der Waals surface area contributed by atoms with E-state index in [0.29, 0.717) is 25.9 Å². The van der Waals surface area contributed by atoms with E-state index in [9.17, 15) is 17.8 Å². The van der Waals surface area contributed by atoms with Crippen molar-refractivity contribution in [2.75, 3.05) is 24.6 Å². The van der Waals surface area contributed by atoms with Gasteiger partial charge in [-0.3, -0.25) is 0 Å². The molecule has 2 aliphatic heterocycles. The number of nitrogens with zero attached hydrogens (tertiary/aromatic N) is 1. The molecule has 0 saturated carbocycles. The molecule has 2 aliphatic rings. The van der Waals surface area contributed by atoms with Crippen molar-refractivity contribution in [3.63, 3.8) is 0 Å². The maximum atomic E-state index is 12.3. The monoisotopic (exact) mass is 352 g/mol. The van der Waals surface area contributed by atoms with E-state index in [4.69, 9.17) is 5.11 Å². The minimum atomic E-state index is -3.20. The van der Waals surface area contributed by atoms with Crippen molar-refractivity contribution in [1.82, 2.24) is 9.62 Å². The summed E-state index contributed by atoms with van der Waals surface area (Å²) in [4.78, 5) is 12.3. The summed E-state index contributed by atoms with van der Waals surface area (Å²) in [6.07, 6.45) is -0.00629. The fourth-order valence-electron chi connectivity index (χ4n) is 3.13. The molecule has 2 N–H and O–H groups in total. The van der Waals surface area contributed by atoms with Crippen LogP contribution in [0.2, 0.25) is 0 Å². The number of likely N-dealkylation sites (tertiary alicyclic amines) is 1. The van der Waals surface area contributed by atoms with Gasteiger partial charge in [-0.1, -0.05) is 0 Å². The molecule has 1 unspecified atom stereocenters. The Bertz CT molecular complexity index is 535. The first-order valence-electron chi connectivity index (χ1n) is 7.32. The summed E-state index contributed by atoms with van der Waals surface area (Å²) in [6, 6.07) is -0.381. The number of hydrogen-bond donors (Lipinski definition) is 2. The van der Waals surface area contributed by atoms with Crippen LogP contribution in [0.25, 0.3) is 0 Å². The maximum Gasteiger partial charge on any atom is 0.407 e. The molecule has 9 heteroatoms. The van der Waals surface area contributed by atoms with Crippen LogP contribution in [0.4, 0.5) is 4.79 Å². The van der Waals surface area contributed by atoms with Crippen LogP contribution in [0.5, 0.6) is 0 Å². The fraction of sp³-hybridized carbons (Fsp3) is 0.923. The highest BCUT2D eigenvalue weighted by atomic mass is 32.2. The molecule has 2 heterocycles. The predicted octanol–water partition coefficient (Wildman–Crippen LogP) is 0.595. The molecule has 1 spiro atoms. The minimum absolute atomic E-state index is 0.0259. The smallest absolute Gasteiger partial charge is 0.407 e. The summed E-state index contributed by atoms with van der Waals surface area (Å²) in [7, 11) is -3.20. The number of carbonyl (C=O) groups is 1. The Balaban J connectivity index is 2.16. The van der Waals surface area contributed by atoms with Crippen molar-refractivity contribution in [2.45, 2.75) is 44.4 Å². The number of rotatable bonds is 2. The van der Waals surface area contributed by atoms with Gasteiger partial charge in [0.05, 0.1) is 17.5 Å². The van der Waals surface area contributed by atoms with Crippen LogP contribution in [0, 0.1) is 5.41 Å². The molecule has 128 valence electrons. The lowest BCUT2D eigenvalue weighted by Crippen LogP contribution is -2.55. The first-order valence-corrected chi connectivity index (χ1v) is 10.3. The molecule has 2 atom stereocenters. The van der Waals surface area contributed by atoms with Crippen molar-refractivity contribution in [3.05, 3.63) is 0 Å². The molecular weight excluding hydrogens is 328 g/mol. The normalized spacial score (nSPS) is 28.7.